The number of carbonyl (C=O) groups excluding carboxylic acids is 1. The molecule has 2 fully saturated rings. The van der Waals surface area contributed by atoms with Crippen LogP contribution in [0.4, 0.5) is 5.13 Å². The molecule has 0 spiro atoms. The van der Waals surface area contributed by atoms with Crippen molar-refractivity contribution in [3.8, 4) is 0 Å². The van der Waals surface area contributed by atoms with E-state index in [2.05, 4.69) is 21.5 Å². The minimum atomic E-state index is -0.243. The normalized spacial score (nSPS) is 21.4. The molecule has 1 saturated carbocycles. The van der Waals surface area contributed by atoms with Crippen LogP contribution in [0.3, 0.4) is 0 Å². The van der Waals surface area contributed by atoms with E-state index in [1.807, 2.05) is 35.0 Å². The van der Waals surface area contributed by atoms with E-state index in [0.29, 0.717) is 10.8 Å². The zero-order valence-electron chi connectivity index (χ0n) is 15.1. The van der Waals surface area contributed by atoms with E-state index in [1.54, 1.807) is 6.20 Å². The summed E-state index contributed by atoms with van der Waals surface area (Å²) in [7, 11) is 0. The molecule has 1 aliphatic heterocycles. The zero-order valence-corrected chi connectivity index (χ0v) is 17.5. The second-order valence-electron chi connectivity index (χ2n) is 6.79. The molecule has 27 heavy (non-hydrogen) atoms. The number of thiazole rings is 1. The number of anilines is 1. The van der Waals surface area contributed by atoms with Crippen molar-refractivity contribution in [1.29, 1.82) is 0 Å². The van der Waals surface area contributed by atoms with Crippen LogP contribution in [-0.2, 0) is 9.63 Å². The van der Waals surface area contributed by atoms with Crippen LogP contribution >= 0.6 is 34.9 Å². The standard InChI is InChI=1S/C19H23N3O2S3/c23-18(21-19-20-9-12-26-19)17(22-24-14-7-10-25-11-8-14)13-1-3-15(4-2-13)27-16-5-6-16/h1,3,9,12,14,16H,2,4-8,10-11H2,(H,20,21,23)/b22-17+. The molecule has 144 valence electrons. The molecule has 1 aromatic rings. The second kappa shape index (κ2) is 9.30. The van der Waals surface area contributed by atoms with Crippen molar-refractivity contribution in [2.45, 2.75) is 49.9 Å². The quantitative estimate of drug-likeness (QED) is 0.504. The highest BCUT2D eigenvalue weighted by atomic mass is 32.2. The van der Waals surface area contributed by atoms with E-state index in [-0.39, 0.29) is 12.0 Å². The van der Waals surface area contributed by atoms with Crippen molar-refractivity contribution in [2.24, 2.45) is 5.16 Å². The molecule has 0 unspecified atom stereocenters. The predicted molar refractivity (Wildman–Crippen MR) is 116 cm³/mol. The van der Waals surface area contributed by atoms with Crippen LogP contribution in [0.15, 0.2) is 39.4 Å². The maximum atomic E-state index is 12.8. The Kier molecular flexibility index (Phi) is 6.57. The van der Waals surface area contributed by atoms with Gasteiger partial charge in [-0.1, -0.05) is 17.3 Å². The van der Waals surface area contributed by atoms with E-state index >= 15 is 0 Å². The number of carbonyl (C=O) groups is 1. The number of hydrogen-bond acceptors (Lipinski definition) is 7. The van der Waals surface area contributed by atoms with Crippen LogP contribution in [0.1, 0.15) is 38.5 Å². The smallest absolute Gasteiger partial charge is 0.279 e. The molecule has 2 heterocycles. The molecule has 0 aromatic carbocycles. The molecule has 1 saturated heterocycles. The number of nitrogens with zero attached hydrogens (tertiary/aromatic N) is 2. The number of allylic oxidation sites excluding steroid dienone is 3. The Morgan fingerprint density at radius 3 is 2.74 bits per heavy atom. The summed E-state index contributed by atoms with van der Waals surface area (Å²) in [6.45, 7) is 0. The molecule has 0 atom stereocenters. The molecule has 4 rings (SSSR count). The Balaban J connectivity index is 1.48. The summed E-state index contributed by atoms with van der Waals surface area (Å²) in [5.41, 5.74) is 1.32. The summed E-state index contributed by atoms with van der Waals surface area (Å²) in [5, 5.41) is 10.4. The molecule has 0 bridgehead atoms. The van der Waals surface area contributed by atoms with E-state index < -0.39 is 0 Å². The summed E-state index contributed by atoms with van der Waals surface area (Å²) in [6.07, 6.45) is 12.4. The zero-order chi connectivity index (χ0) is 18.5. The van der Waals surface area contributed by atoms with Gasteiger partial charge in [-0.2, -0.15) is 11.8 Å². The predicted octanol–water partition coefficient (Wildman–Crippen LogP) is 4.85. The van der Waals surface area contributed by atoms with Gasteiger partial charge in [0.25, 0.3) is 5.91 Å². The molecule has 1 N–H and O–H groups in total. The van der Waals surface area contributed by atoms with Gasteiger partial charge >= 0.3 is 0 Å². The van der Waals surface area contributed by atoms with Gasteiger partial charge in [0.2, 0.25) is 0 Å². The lowest BCUT2D eigenvalue weighted by molar-refractivity contribution is -0.110. The third-order valence-corrected chi connectivity index (χ3v) is 7.77. The van der Waals surface area contributed by atoms with Crippen LogP contribution in [0, 0.1) is 0 Å². The third kappa shape index (κ3) is 5.62. The molecule has 3 aliphatic rings. The van der Waals surface area contributed by atoms with Crippen LogP contribution in [0.25, 0.3) is 0 Å². The van der Waals surface area contributed by atoms with Gasteiger partial charge in [-0.3, -0.25) is 10.1 Å². The summed E-state index contributed by atoms with van der Waals surface area (Å²) < 4.78 is 0. The Bertz CT molecular complexity index is 748. The van der Waals surface area contributed by atoms with Gasteiger partial charge in [-0.15, -0.1) is 23.1 Å². The first-order chi connectivity index (χ1) is 13.3. The summed E-state index contributed by atoms with van der Waals surface area (Å²) >= 11 is 5.33. The van der Waals surface area contributed by atoms with Crippen molar-refractivity contribution in [3.05, 3.63) is 34.2 Å². The van der Waals surface area contributed by atoms with Crippen molar-refractivity contribution >= 4 is 51.6 Å². The average molecular weight is 422 g/mol. The first kappa shape index (κ1) is 19.1. The molecule has 0 radical (unpaired) electrons. The van der Waals surface area contributed by atoms with Gasteiger partial charge < -0.3 is 4.84 Å². The van der Waals surface area contributed by atoms with Crippen molar-refractivity contribution in [2.75, 3.05) is 16.8 Å². The lowest BCUT2D eigenvalue weighted by atomic mass is 10.00. The van der Waals surface area contributed by atoms with Crippen LogP contribution in [0.2, 0.25) is 0 Å². The van der Waals surface area contributed by atoms with E-state index in [4.69, 9.17) is 4.84 Å². The fourth-order valence-electron chi connectivity index (χ4n) is 2.91. The average Bonchev–Trinajstić information content (AvgIpc) is 3.36. The van der Waals surface area contributed by atoms with Gasteiger partial charge in [-0.05, 0) is 60.5 Å². The highest BCUT2D eigenvalue weighted by Gasteiger charge is 2.26. The topological polar surface area (TPSA) is 63.6 Å². The second-order valence-corrected chi connectivity index (χ2v) is 10.3. The molecule has 2 aliphatic carbocycles. The first-order valence-electron chi connectivity index (χ1n) is 9.37. The fourth-order valence-corrected chi connectivity index (χ4v) is 5.66. The number of hydrogen-bond donors (Lipinski definition) is 1. The minimum absolute atomic E-state index is 0.106. The number of nitrogens with one attached hydrogen (secondary N) is 1. The van der Waals surface area contributed by atoms with Crippen LogP contribution in [-0.4, -0.2) is 39.5 Å². The van der Waals surface area contributed by atoms with Crippen molar-refractivity contribution < 1.29 is 9.63 Å². The number of thioether (sulfide) groups is 2. The molecule has 1 amide bonds. The Hall–Kier alpha value is -1.25. The maximum absolute atomic E-state index is 12.8. The highest BCUT2D eigenvalue weighted by Crippen LogP contribution is 2.41. The van der Waals surface area contributed by atoms with E-state index in [0.717, 1.165) is 48.0 Å². The minimum Gasteiger partial charge on any atom is -0.392 e. The lowest BCUT2D eigenvalue weighted by Crippen LogP contribution is -2.27. The maximum Gasteiger partial charge on any atom is 0.279 e. The van der Waals surface area contributed by atoms with Crippen LogP contribution < -0.4 is 5.32 Å². The fraction of sp³-hybridized carbons (Fsp3) is 0.526. The lowest BCUT2D eigenvalue weighted by Gasteiger charge is -2.20. The highest BCUT2D eigenvalue weighted by molar-refractivity contribution is 8.03. The monoisotopic (exact) mass is 421 g/mol. The summed E-state index contributed by atoms with van der Waals surface area (Å²) in [5.74, 6) is 1.94. The van der Waals surface area contributed by atoms with Gasteiger partial charge in [0.1, 0.15) is 6.10 Å². The molecule has 8 heteroatoms. The third-order valence-electron chi connectivity index (χ3n) is 4.59. The first-order valence-corrected chi connectivity index (χ1v) is 12.3. The summed E-state index contributed by atoms with van der Waals surface area (Å²) in [4.78, 5) is 24.1. The van der Waals surface area contributed by atoms with E-state index in [1.165, 1.54) is 29.1 Å². The van der Waals surface area contributed by atoms with Gasteiger partial charge in [0.05, 0.1) is 0 Å². The van der Waals surface area contributed by atoms with Gasteiger partial charge in [0.15, 0.2) is 10.8 Å². The number of aromatic nitrogens is 1. The molecule has 5 nitrogen and oxygen atoms in total. The number of oxime groups is 1. The van der Waals surface area contributed by atoms with Gasteiger partial charge in [0, 0.05) is 16.8 Å². The number of amides is 1. The van der Waals surface area contributed by atoms with Crippen molar-refractivity contribution in [3.63, 3.8) is 0 Å². The Morgan fingerprint density at radius 1 is 1.22 bits per heavy atom. The largest absolute Gasteiger partial charge is 0.392 e. The molecule has 1 aromatic heterocycles. The Morgan fingerprint density at radius 2 is 2.07 bits per heavy atom. The van der Waals surface area contributed by atoms with Crippen molar-refractivity contribution in [1.82, 2.24) is 4.98 Å². The molecular weight excluding hydrogens is 398 g/mol. The van der Waals surface area contributed by atoms with Crippen LogP contribution in [0.5, 0.6) is 0 Å². The molecular formula is C19H23N3O2S3. The SMILES string of the molecule is O=C(Nc1nccs1)/C(=N/OC1CCSCC1)C1=CC=C(SC2CC2)CC1. The van der Waals surface area contributed by atoms with Gasteiger partial charge in [-0.25, -0.2) is 4.98 Å². The summed E-state index contributed by atoms with van der Waals surface area (Å²) in [6, 6.07) is 0. The number of rotatable bonds is 7. The Labute approximate surface area is 172 Å². The van der Waals surface area contributed by atoms with E-state index in [9.17, 15) is 4.79 Å².